The first-order valence-electron chi connectivity index (χ1n) is 8.27. The van der Waals surface area contributed by atoms with Crippen LogP contribution < -0.4 is 10.2 Å². The van der Waals surface area contributed by atoms with Crippen molar-refractivity contribution in [3.05, 3.63) is 96.8 Å². The molecule has 142 valence electrons. The van der Waals surface area contributed by atoms with Crippen LogP contribution in [-0.4, -0.2) is 12.1 Å². The summed E-state index contributed by atoms with van der Waals surface area (Å²) in [7, 11) is 0. The molecule has 4 nitrogen and oxygen atoms in total. The Morgan fingerprint density at radius 3 is 2.43 bits per heavy atom. The smallest absolute Gasteiger partial charge is 0.271 e. The van der Waals surface area contributed by atoms with Crippen LogP contribution in [0.1, 0.15) is 21.5 Å². The number of halogens is 3. The van der Waals surface area contributed by atoms with Crippen molar-refractivity contribution in [2.24, 2.45) is 5.10 Å². The highest BCUT2D eigenvalue weighted by Gasteiger charge is 2.04. The molecule has 0 aliphatic carbocycles. The molecule has 0 radical (unpaired) electrons. The predicted octanol–water partition coefficient (Wildman–Crippen LogP) is 6.32. The van der Waals surface area contributed by atoms with E-state index in [0.717, 1.165) is 30.3 Å². The van der Waals surface area contributed by atoms with Crippen molar-refractivity contribution in [3.8, 4) is 5.75 Å². The molecular formula is C21H15Br3N2O2. The molecule has 0 bridgehead atoms. The van der Waals surface area contributed by atoms with E-state index in [9.17, 15) is 4.79 Å². The van der Waals surface area contributed by atoms with Gasteiger partial charge in [0.15, 0.2) is 0 Å². The van der Waals surface area contributed by atoms with Crippen LogP contribution in [0.4, 0.5) is 0 Å². The number of ether oxygens (including phenoxy) is 1. The van der Waals surface area contributed by atoms with E-state index < -0.39 is 0 Å². The van der Waals surface area contributed by atoms with Crippen LogP contribution in [0.5, 0.6) is 5.75 Å². The molecule has 0 spiro atoms. The number of carbonyl (C=O) groups excluding carboxylic acids is 1. The number of nitrogens with one attached hydrogen (secondary N) is 1. The third-order valence-electron chi connectivity index (χ3n) is 3.76. The van der Waals surface area contributed by atoms with Crippen molar-refractivity contribution in [3.63, 3.8) is 0 Å². The van der Waals surface area contributed by atoms with Crippen molar-refractivity contribution in [1.29, 1.82) is 0 Å². The Balaban J connectivity index is 1.53. The van der Waals surface area contributed by atoms with Gasteiger partial charge in [-0.15, -0.1) is 0 Å². The number of hydrogen-bond acceptors (Lipinski definition) is 3. The SMILES string of the molecule is O=C(N/N=C\c1ccc(OCc2ccc(Br)cc2Br)cc1)c1cccc(Br)c1. The maximum atomic E-state index is 12.0. The normalized spacial score (nSPS) is 10.8. The van der Waals surface area contributed by atoms with Crippen LogP contribution in [0.2, 0.25) is 0 Å². The summed E-state index contributed by atoms with van der Waals surface area (Å²) in [5, 5.41) is 4.00. The lowest BCUT2D eigenvalue weighted by atomic mass is 10.2. The number of amides is 1. The highest BCUT2D eigenvalue weighted by Crippen LogP contribution is 2.23. The minimum atomic E-state index is -0.266. The number of benzene rings is 3. The van der Waals surface area contributed by atoms with Crippen LogP contribution in [0.25, 0.3) is 0 Å². The van der Waals surface area contributed by atoms with E-state index in [2.05, 4.69) is 58.3 Å². The quantitative estimate of drug-likeness (QED) is 0.280. The number of carbonyl (C=O) groups is 1. The summed E-state index contributed by atoms with van der Waals surface area (Å²) < 4.78 is 8.66. The van der Waals surface area contributed by atoms with Crippen LogP contribution in [-0.2, 0) is 6.61 Å². The van der Waals surface area contributed by atoms with Gasteiger partial charge in [0.2, 0.25) is 0 Å². The van der Waals surface area contributed by atoms with Gasteiger partial charge < -0.3 is 4.74 Å². The largest absolute Gasteiger partial charge is 0.489 e. The maximum absolute atomic E-state index is 12.0. The molecule has 3 aromatic carbocycles. The molecule has 1 N–H and O–H groups in total. The Labute approximate surface area is 188 Å². The highest BCUT2D eigenvalue weighted by atomic mass is 79.9. The Bertz CT molecular complexity index is 1000. The summed E-state index contributed by atoms with van der Waals surface area (Å²) in [5.74, 6) is 0.489. The van der Waals surface area contributed by atoms with Crippen LogP contribution >= 0.6 is 47.8 Å². The topological polar surface area (TPSA) is 50.7 Å². The molecule has 0 aliphatic heterocycles. The number of rotatable bonds is 6. The van der Waals surface area contributed by atoms with Gasteiger partial charge in [-0.1, -0.05) is 59.9 Å². The monoisotopic (exact) mass is 564 g/mol. The number of nitrogens with zero attached hydrogens (tertiary/aromatic N) is 1. The minimum absolute atomic E-state index is 0.266. The second-order valence-corrected chi connectivity index (χ2v) is 8.49. The Kier molecular flexibility index (Phi) is 7.42. The fourth-order valence-corrected chi connectivity index (χ4v) is 3.87. The van der Waals surface area contributed by atoms with Crippen molar-refractivity contribution in [2.75, 3.05) is 0 Å². The average molecular weight is 567 g/mol. The third kappa shape index (κ3) is 6.02. The van der Waals surface area contributed by atoms with Crippen molar-refractivity contribution >= 4 is 59.9 Å². The first kappa shape index (κ1) is 20.8. The summed E-state index contributed by atoms with van der Waals surface area (Å²) in [5.41, 5.74) is 4.97. The molecule has 0 saturated carbocycles. The molecule has 0 atom stereocenters. The molecule has 0 aromatic heterocycles. The van der Waals surface area contributed by atoms with Gasteiger partial charge in [-0.05, 0) is 60.2 Å². The number of hydrogen-bond donors (Lipinski definition) is 1. The first-order valence-corrected chi connectivity index (χ1v) is 10.6. The molecule has 7 heteroatoms. The molecule has 28 heavy (non-hydrogen) atoms. The predicted molar refractivity (Wildman–Crippen MR) is 122 cm³/mol. The van der Waals surface area contributed by atoms with Gasteiger partial charge >= 0.3 is 0 Å². The van der Waals surface area contributed by atoms with Gasteiger partial charge in [0, 0.05) is 24.5 Å². The molecule has 0 unspecified atom stereocenters. The summed E-state index contributed by atoms with van der Waals surface area (Å²) in [6.07, 6.45) is 1.59. The highest BCUT2D eigenvalue weighted by molar-refractivity contribution is 9.11. The van der Waals surface area contributed by atoms with E-state index in [0.29, 0.717) is 12.2 Å². The lowest BCUT2D eigenvalue weighted by Gasteiger charge is -2.08. The molecule has 0 fully saturated rings. The Hall–Kier alpha value is -1.96. The summed E-state index contributed by atoms with van der Waals surface area (Å²) >= 11 is 10.3. The van der Waals surface area contributed by atoms with E-state index in [1.165, 1.54) is 0 Å². The van der Waals surface area contributed by atoms with Gasteiger partial charge in [-0.25, -0.2) is 5.43 Å². The average Bonchev–Trinajstić information content (AvgIpc) is 2.68. The van der Waals surface area contributed by atoms with E-state index in [4.69, 9.17) is 4.74 Å². The van der Waals surface area contributed by atoms with Gasteiger partial charge in [-0.2, -0.15) is 5.10 Å². The zero-order valence-corrected chi connectivity index (χ0v) is 19.3. The molecule has 3 aromatic rings. The van der Waals surface area contributed by atoms with Gasteiger partial charge in [0.05, 0.1) is 6.21 Å². The van der Waals surface area contributed by atoms with E-state index in [1.54, 1.807) is 24.4 Å². The molecule has 3 rings (SSSR count). The second-order valence-electron chi connectivity index (χ2n) is 5.80. The zero-order valence-electron chi connectivity index (χ0n) is 14.5. The van der Waals surface area contributed by atoms with Gasteiger partial charge in [-0.3, -0.25) is 4.79 Å². The molecular weight excluding hydrogens is 552 g/mol. The summed E-state index contributed by atoms with van der Waals surface area (Å²) in [6, 6.07) is 20.6. The van der Waals surface area contributed by atoms with Crippen molar-refractivity contribution in [2.45, 2.75) is 6.61 Å². The minimum Gasteiger partial charge on any atom is -0.489 e. The molecule has 0 saturated heterocycles. The lowest BCUT2D eigenvalue weighted by Crippen LogP contribution is -2.17. The van der Waals surface area contributed by atoms with E-state index >= 15 is 0 Å². The van der Waals surface area contributed by atoms with Gasteiger partial charge in [0.1, 0.15) is 12.4 Å². The Morgan fingerprint density at radius 2 is 1.71 bits per heavy atom. The maximum Gasteiger partial charge on any atom is 0.271 e. The Morgan fingerprint density at radius 1 is 0.964 bits per heavy atom. The fourth-order valence-electron chi connectivity index (χ4n) is 2.31. The third-order valence-corrected chi connectivity index (χ3v) is 5.48. The van der Waals surface area contributed by atoms with Crippen LogP contribution in [0.3, 0.4) is 0 Å². The van der Waals surface area contributed by atoms with Crippen molar-refractivity contribution < 1.29 is 9.53 Å². The molecule has 0 aliphatic rings. The fraction of sp³-hybridized carbons (Fsp3) is 0.0476. The second kappa shape index (κ2) is 10.0. The lowest BCUT2D eigenvalue weighted by molar-refractivity contribution is 0.0955. The van der Waals surface area contributed by atoms with Crippen molar-refractivity contribution in [1.82, 2.24) is 5.43 Å². The molecule has 0 heterocycles. The van der Waals surface area contributed by atoms with Gasteiger partial charge in [0.25, 0.3) is 5.91 Å². The van der Waals surface area contributed by atoms with E-state index in [1.807, 2.05) is 48.5 Å². The first-order chi connectivity index (χ1) is 13.5. The zero-order chi connectivity index (χ0) is 19.9. The number of hydrazone groups is 1. The van der Waals surface area contributed by atoms with Crippen LogP contribution in [0.15, 0.2) is 85.2 Å². The standard InChI is InChI=1S/C21H15Br3N2O2/c22-17-3-1-2-15(10-17)21(27)26-25-12-14-4-8-19(9-5-14)28-13-16-6-7-18(23)11-20(16)24/h1-12H,13H2,(H,26,27)/b25-12-. The molecule has 1 amide bonds. The summed E-state index contributed by atoms with van der Waals surface area (Å²) in [4.78, 5) is 12.0. The summed E-state index contributed by atoms with van der Waals surface area (Å²) in [6.45, 7) is 0.462. The van der Waals surface area contributed by atoms with E-state index in [-0.39, 0.29) is 5.91 Å². The van der Waals surface area contributed by atoms with Crippen LogP contribution in [0, 0.1) is 0 Å².